The standard InChI is InChI=1S/C42H61N5O4/c1-2-3-4-5-6-7-8-9-10-11-12-13-14-19-40(49)45-37-18-15-17-36(30-37)41-50-38(31-39(51-41)35-22-20-34(33-48)21-23-35)32-46-26-28-47(29-27-46)42-43-24-16-25-44-42/h15-18,20-25,30,38-39,41,48H,2-14,19,26-29,31-33H2,1H3,(H,45,49). The maximum atomic E-state index is 12.9. The van der Waals surface area contributed by atoms with E-state index in [4.69, 9.17) is 9.47 Å². The molecule has 278 valence electrons. The third-order valence-corrected chi connectivity index (χ3v) is 10.2. The summed E-state index contributed by atoms with van der Waals surface area (Å²) in [7, 11) is 0. The number of amides is 1. The first kappa shape index (κ1) is 38.9. The highest BCUT2D eigenvalue weighted by Gasteiger charge is 2.34. The number of hydrogen-bond donors (Lipinski definition) is 2. The van der Waals surface area contributed by atoms with Gasteiger partial charge in [0.15, 0.2) is 6.29 Å². The number of carbonyl (C=O) groups is 1. The fourth-order valence-corrected chi connectivity index (χ4v) is 7.20. The van der Waals surface area contributed by atoms with E-state index in [2.05, 4.69) is 32.0 Å². The molecule has 2 aliphatic rings. The zero-order chi connectivity index (χ0) is 35.5. The molecule has 3 unspecified atom stereocenters. The molecule has 9 heteroatoms. The van der Waals surface area contributed by atoms with Crippen molar-refractivity contribution in [2.75, 3.05) is 42.9 Å². The van der Waals surface area contributed by atoms with Crippen LogP contribution < -0.4 is 10.2 Å². The zero-order valence-corrected chi connectivity index (χ0v) is 30.9. The van der Waals surface area contributed by atoms with Crippen molar-refractivity contribution in [3.05, 3.63) is 83.7 Å². The maximum absolute atomic E-state index is 12.9. The molecule has 3 aromatic rings. The lowest BCUT2D eigenvalue weighted by Gasteiger charge is -2.40. The Morgan fingerprint density at radius 2 is 1.43 bits per heavy atom. The first-order chi connectivity index (χ1) is 25.1. The van der Waals surface area contributed by atoms with E-state index in [1.807, 2.05) is 54.6 Å². The van der Waals surface area contributed by atoms with Crippen LogP contribution in [0.4, 0.5) is 11.6 Å². The third-order valence-electron chi connectivity index (χ3n) is 10.2. The monoisotopic (exact) mass is 699 g/mol. The Balaban J connectivity index is 1.08. The van der Waals surface area contributed by atoms with Crippen molar-refractivity contribution in [3.63, 3.8) is 0 Å². The number of hydrogen-bond acceptors (Lipinski definition) is 8. The van der Waals surface area contributed by atoms with Gasteiger partial charge in [-0.25, -0.2) is 9.97 Å². The molecule has 0 radical (unpaired) electrons. The average Bonchev–Trinajstić information content (AvgIpc) is 3.17. The van der Waals surface area contributed by atoms with Gasteiger partial charge in [0.2, 0.25) is 11.9 Å². The molecule has 0 spiro atoms. The number of benzene rings is 2. The van der Waals surface area contributed by atoms with Crippen molar-refractivity contribution in [2.45, 2.75) is 128 Å². The van der Waals surface area contributed by atoms with E-state index in [0.717, 1.165) is 80.3 Å². The predicted molar refractivity (Wildman–Crippen MR) is 204 cm³/mol. The summed E-state index contributed by atoms with van der Waals surface area (Å²) in [5.41, 5.74) is 3.60. The van der Waals surface area contributed by atoms with E-state index < -0.39 is 6.29 Å². The summed E-state index contributed by atoms with van der Waals surface area (Å²) in [4.78, 5) is 26.4. The number of piperazine rings is 1. The Labute approximate surface area is 306 Å². The minimum absolute atomic E-state index is 0.0119. The Bertz CT molecular complexity index is 1400. The zero-order valence-electron chi connectivity index (χ0n) is 30.9. The Morgan fingerprint density at radius 3 is 2.08 bits per heavy atom. The normalized spacial score (nSPS) is 19.6. The van der Waals surface area contributed by atoms with Gasteiger partial charge in [0.1, 0.15) is 0 Å². The van der Waals surface area contributed by atoms with E-state index in [9.17, 15) is 9.90 Å². The molecule has 5 rings (SSSR count). The van der Waals surface area contributed by atoms with Crippen molar-refractivity contribution >= 4 is 17.5 Å². The smallest absolute Gasteiger partial charge is 0.225 e. The van der Waals surface area contributed by atoms with Crippen LogP contribution in [0.1, 0.15) is 132 Å². The van der Waals surface area contributed by atoms with Crippen LogP contribution >= 0.6 is 0 Å². The number of anilines is 2. The SMILES string of the molecule is CCCCCCCCCCCCCCCC(=O)Nc1cccc(C2OC(CN3CCN(c4ncccn4)CC3)CC(c3ccc(CO)cc3)O2)c1. The largest absolute Gasteiger partial charge is 0.392 e. The van der Waals surface area contributed by atoms with Gasteiger partial charge < -0.3 is 24.8 Å². The topological polar surface area (TPSA) is 100 Å². The quantitative estimate of drug-likeness (QED) is 0.107. The van der Waals surface area contributed by atoms with Crippen LogP contribution in [0.5, 0.6) is 0 Å². The summed E-state index contributed by atoms with van der Waals surface area (Å²) < 4.78 is 13.2. The van der Waals surface area contributed by atoms with E-state index in [0.29, 0.717) is 6.42 Å². The molecular formula is C42H61N5O4. The molecule has 2 fully saturated rings. The van der Waals surface area contributed by atoms with Gasteiger partial charge in [-0.15, -0.1) is 0 Å². The van der Waals surface area contributed by atoms with Crippen LogP contribution in [0.2, 0.25) is 0 Å². The van der Waals surface area contributed by atoms with Crippen molar-refractivity contribution in [1.82, 2.24) is 14.9 Å². The molecule has 2 saturated heterocycles. The van der Waals surface area contributed by atoms with Gasteiger partial charge in [-0.05, 0) is 35.7 Å². The fourth-order valence-electron chi connectivity index (χ4n) is 7.20. The highest BCUT2D eigenvalue weighted by Crippen LogP contribution is 2.39. The van der Waals surface area contributed by atoms with E-state index in [-0.39, 0.29) is 24.7 Å². The first-order valence-corrected chi connectivity index (χ1v) is 19.8. The number of aliphatic hydroxyl groups is 1. The average molecular weight is 700 g/mol. The summed E-state index contributed by atoms with van der Waals surface area (Å²) in [6.07, 6.45) is 20.9. The number of nitrogens with one attached hydrogen (secondary N) is 1. The second kappa shape index (κ2) is 21.9. The second-order valence-corrected chi connectivity index (χ2v) is 14.4. The lowest BCUT2D eigenvalue weighted by atomic mass is 9.99. The summed E-state index contributed by atoms with van der Waals surface area (Å²) >= 11 is 0. The molecule has 1 aromatic heterocycles. The summed E-state index contributed by atoms with van der Waals surface area (Å²) in [5.74, 6) is 0.836. The van der Waals surface area contributed by atoms with Crippen LogP contribution in [-0.2, 0) is 20.9 Å². The highest BCUT2D eigenvalue weighted by molar-refractivity contribution is 5.90. The number of nitrogens with zero attached hydrogens (tertiary/aromatic N) is 4. The summed E-state index contributed by atoms with van der Waals surface area (Å²) in [5, 5.41) is 12.7. The number of aromatic nitrogens is 2. The van der Waals surface area contributed by atoms with Gasteiger partial charge in [0.05, 0.1) is 18.8 Å². The minimum atomic E-state index is -0.566. The van der Waals surface area contributed by atoms with Crippen LogP contribution in [0, 0.1) is 0 Å². The number of carbonyl (C=O) groups excluding carboxylic acids is 1. The molecule has 0 bridgehead atoms. The van der Waals surface area contributed by atoms with Crippen LogP contribution in [0.25, 0.3) is 0 Å². The van der Waals surface area contributed by atoms with Gasteiger partial charge in [0, 0.05) is 69.2 Å². The number of ether oxygens (including phenoxy) is 2. The third kappa shape index (κ3) is 13.3. The van der Waals surface area contributed by atoms with Crippen LogP contribution in [0.15, 0.2) is 67.0 Å². The van der Waals surface area contributed by atoms with E-state index >= 15 is 0 Å². The lowest BCUT2D eigenvalue weighted by Crippen LogP contribution is -2.50. The Hall–Kier alpha value is -3.37. The van der Waals surface area contributed by atoms with Gasteiger partial charge in [-0.2, -0.15) is 0 Å². The van der Waals surface area contributed by atoms with E-state index in [1.165, 1.54) is 70.6 Å². The molecular weight excluding hydrogens is 638 g/mol. The van der Waals surface area contributed by atoms with Crippen molar-refractivity contribution in [2.24, 2.45) is 0 Å². The molecule has 3 atom stereocenters. The Kier molecular flexibility index (Phi) is 16.7. The van der Waals surface area contributed by atoms with E-state index in [1.54, 1.807) is 12.4 Å². The molecule has 0 saturated carbocycles. The maximum Gasteiger partial charge on any atom is 0.225 e. The number of aliphatic hydroxyl groups excluding tert-OH is 1. The molecule has 2 N–H and O–H groups in total. The molecule has 1 amide bonds. The van der Waals surface area contributed by atoms with Crippen molar-refractivity contribution in [1.29, 1.82) is 0 Å². The molecule has 2 aliphatic heterocycles. The van der Waals surface area contributed by atoms with Crippen molar-refractivity contribution in [3.8, 4) is 0 Å². The van der Waals surface area contributed by atoms with Gasteiger partial charge in [0.25, 0.3) is 0 Å². The molecule has 2 aromatic carbocycles. The summed E-state index contributed by atoms with van der Waals surface area (Å²) in [6, 6.07) is 17.7. The number of unbranched alkanes of at least 4 members (excludes halogenated alkanes) is 12. The molecule has 9 nitrogen and oxygen atoms in total. The summed E-state index contributed by atoms with van der Waals surface area (Å²) in [6.45, 7) is 6.62. The highest BCUT2D eigenvalue weighted by atomic mass is 16.7. The molecule has 0 aliphatic carbocycles. The van der Waals surface area contributed by atoms with Gasteiger partial charge in [-0.1, -0.05) is 120 Å². The van der Waals surface area contributed by atoms with Crippen molar-refractivity contribution < 1.29 is 19.4 Å². The first-order valence-electron chi connectivity index (χ1n) is 19.8. The van der Waals surface area contributed by atoms with Crippen LogP contribution in [0.3, 0.4) is 0 Å². The Morgan fingerprint density at radius 1 is 0.784 bits per heavy atom. The van der Waals surface area contributed by atoms with Gasteiger partial charge in [-0.3, -0.25) is 9.69 Å². The number of rotatable bonds is 21. The molecule has 51 heavy (non-hydrogen) atoms. The predicted octanol–water partition coefficient (Wildman–Crippen LogP) is 8.76. The molecule has 3 heterocycles. The minimum Gasteiger partial charge on any atom is -0.392 e. The van der Waals surface area contributed by atoms with Crippen LogP contribution in [-0.4, -0.2) is 64.7 Å². The van der Waals surface area contributed by atoms with Gasteiger partial charge >= 0.3 is 0 Å². The second-order valence-electron chi connectivity index (χ2n) is 14.4. The lowest BCUT2D eigenvalue weighted by molar-refractivity contribution is -0.253. The fraction of sp³-hybridized carbons (Fsp3) is 0.595.